The molecule has 0 unspecified atom stereocenters. The van der Waals surface area contributed by atoms with Crippen LogP contribution in [0, 0.1) is 0 Å². The number of nitrogens with zero attached hydrogens (tertiary/aromatic N) is 2. The van der Waals surface area contributed by atoms with Crippen LogP contribution in [0.25, 0.3) is 10.9 Å². The molecule has 3 amide bonds. The first kappa shape index (κ1) is 24.4. The first-order chi connectivity index (χ1) is 15.7. The number of fused-ring (bicyclic) bond motifs is 1. The van der Waals surface area contributed by atoms with Crippen molar-refractivity contribution in [3.8, 4) is 0 Å². The second-order valence-electron chi connectivity index (χ2n) is 7.95. The number of carboxylic acids is 1. The summed E-state index contributed by atoms with van der Waals surface area (Å²) in [4.78, 5) is 56.2. The highest BCUT2D eigenvalue weighted by molar-refractivity contribution is 6.31. The molecule has 1 aromatic heterocycles. The molecular weight excluding hydrogens is 452 g/mol. The number of aliphatic carboxylic acids is 1. The zero-order chi connectivity index (χ0) is 24.1. The van der Waals surface area contributed by atoms with Crippen LogP contribution in [0.3, 0.4) is 0 Å². The van der Waals surface area contributed by atoms with E-state index in [1.54, 1.807) is 12.3 Å². The zero-order valence-corrected chi connectivity index (χ0v) is 18.5. The molecule has 0 saturated carbocycles. The van der Waals surface area contributed by atoms with E-state index >= 15 is 0 Å². The van der Waals surface area contributed by atoms with Gasteiger partial charge in [0.05, 0.1) is 6.10 Å². The number of nitrogens with one attached hydrogen (secondary N) is 2. The number of hydrogen-bond donors (Lipinski definition) is 4. The lowest BCUT2D eigenvalue weighted by molar-refractivity contribution is -0.139. The van der Waals surface area contributed by atoms with Gasteiger partial charge in [-0.15, -0.1) is 0 Å². The number of carbonyl (C=O) groups excluding carboxylic acids is 3. The van der Waals surface area contributed by atoms with E-state index in [0.717, 1.165) is 16.5 Å². The van der Waals surface area contributed by atoms with Crippen LogP contribution in [-0.2, 0) is 25.6 Å². The maximum atomic E-state index is 12.9. The lowest BCUT2D eigenvalue weighted by Crippen LogP contribution is -2.50. The number of carbonyl (C=O) groups is 4. The Labute approximate surface area is 194 Å². The normalized spacial score (nSPS) is 18.8. The molecule has 1 saturated heterocycles. The molecule has 0 aliphatic carbocycles. The Balaban J connectivity index is 1.66. The molecule has 2 heterocycles. The standard InChI is InChI=1S/C22H25ClN4O6/c1-24-21(32)17(5-7-20(30)31)26-22(33)18-9-14(28)11-27(18)19(29)6-2-12-10-25-16-4-3-13(23)8-15(12)16/h3-4,8,10,14,17-18,25,28H,1-2,5-7,9,11H2,(H,26,33)(H,30,31)/t14-,17+,18+/m1/s1. The van der Waals surface area contributed by atoms with Gasteiger partial charge in [0.1, 0.15) is 12.1 Å². The number of aromatic amines is 1. The van der Waals surface area contributed by atoms with Gasteiger partial charge in [0.2, 0.25) is 11.8 Å². The molecule has 4 N–H and O–H groups in total. The molecule has 10 nitrogen and oxygen atoms in total. The third-order valence-corrected chi connectivity index (χ3v) is 5.89. The third-order valence-electron chi connectivity index (χ3n) is 5.66. The average Bonchev–Trinajstić information content (AvgIpc) is 3.37. The summed E-state index contributed by atoms with van der Waals surface area (Å²) in [7, 11) is 0. The molecule has 1 aliphatic heterocycles. The van der Waals surface area contributed by atoms with E-state index in [0.29, 0.717) is 11.4 Å². The van der Waals surface area contributed by atoms with Gasteiger partial charge in [-0.05, 0) is 43.3 Å². The van der Waals surface area contributed by atoms with Crippen molar-refractivity contribution in [2.24, 2.45) is 4.99 Å². The maximum absolute atomic E-state index is 12.9. The number of likely N-dealkylation sites (tertiary alicyclic amines) is 1. The molecule has 11 heteroatoms. The minimum Gasteiger partial charge on any atom is -0.481 e. The highest BCUT2D eigenvalue weighted by Crippen LogP contribution is 2.25. The van der Waals surface area contributed by atoms with E-state index in [2.05, 4.69) is 22.0 Å². The summed E-state index contributed by atoms with van der Waals surface area (Å²) >= 11 is 6.07. The number of aliphatic hydroxyl groups excluding tert-OH is 1. The van der Waals surface area contributed by atoms with Crippen LogP contribution >= 0.6 is 11.6 Å². The van der Waals surface area contributed by atoms with Crippen molar-refractivity contribution >= 4 is 52.9 Å². The molecule has 0 spiro atoms. The van der Waals surface area contributed by atoms with Gasteiger partial charge in [-0.25, -0.2) is 4.99 Å². The number of aromatic nitrogens is 1. The Morgan fingerprint density at radius 2 is 2.06 bits per heavy atom. The second-order valence-corrected chi connectivity index (χ2v) is 8.38. The summed E-state index contributed by atoms with van der Waals surface area (Å²) in [5.74, 6) is -2.86. The minimum absolute atomic E-state index is 0.00984. The molecule has 176 valence electrons. The van der Waals surface area contributed by atoms with E-state index in [1.165, 1.54) is 4.90 Å². The number of H-pyrrole nitrogens is 1. The smallest absolute Gasteiger partial charge is 0.303 e. The van der Waals surface area contributed by atoms with Crippen molar-refractivity contribution in [1.82, 2.24) is 15.2 Å². The second kappa shape index (κ2) is 10.6. The molecule has 3 rings (SSSR count). The summed E-state index contributed by atoms with van der Waals surface area (Å²) in [6.45, 7) is 3.12. The van der Waals surface area contributed by atoms with Crippen LogP contribution in [0.4, 0.5) is 0 Å². The van der Waals surface area contributed by atoms with Gasteiger partial charge < -0.3 is 25.4 Å². The quantitative estimate of drug-likeness (QED) is 0.400. The highest BCUT2D eigenvalue weighted by Gasteiger charge is 2.39. The molecule has 1 aromatic carbocycles. The van der Waals surface area contributed by atoms with E-state index in [-0.39, 0.29) is 38.1 Å². The molecular formula is C22H25ClN4O6. The zero-order valence-electron chi connectivity index (χ0n) is 17.8. The Kier molecular flexibility index (Phi) is 7.83. The van der Waals surface area contributed by atoms with Crippen molar-refractivity contribution < 1.29 is 29.4 Å². The molecule has 2 aromatic rings. The largest absolute Gasteiger partial charge is 0.481 e. The van der Waals surface area contributed by atoms with Gasteiger partial charge >= 0.3 is 5.97 Å². The fourth-order valence-electron chi connectivity index (χ4n) is 3.98. The monoisotopic (exact) mass is 476 g/mol. The van der Waals surface area contributed by atoms with Crippen LogP contribution in [0.1, 0.15) is 31.2 Å². The first-order valence-electron chi connectivity index (χ1n) is 10.5. The molecule has 1 aliphatic rings. The van der Waals surface area contributed by atoms with Crippen molar-refractivity contribution in [2.45, 2.75) is 50.3 Å². The van der Waals surface area contributed by atoms with Crippen LogP contribution in [0.5, 0.6) is 0 Å². The lowest BCUT2D eigenvalue weighted by atomic mass is 10.1. The number of carboxylic acid groups (broad SMARTS) is 1. The molecule has 3 atom stereocenters. The van der Waals surface area contributed by atoms with Gasteiger partial charge in [0.25, 0.3) is 5.91 Å². The van der Waals surface area contributed by atoms with Gasteiger partial charge in [-0.1, -0.05) is 11.6 Å². The Hall–Kier alpha value is -3.24. The molecule has 1 fully saturated rings. The van der Waals surface area contributed by atoms with E-state index in [4.69, 9.17) is 16.7 Å². The Bertz CT molecular complexity index is 1080. The maximum Gasteiger partial charge on any atom is 0.303 e. The van der Waals surface area contributed by atoms with Crippen LogP contribution in [0.2, 0.25) is 5.02 Å². The van der Waals surface area contributed by atoms with Crippen molar-refractivity contribution in [1.29, 1.82) is 0 Å². The fourth-order valence-corrected chi connectivity index (χ4v) is 4.16. The van der Waals surface area contributed by atoms with Gasteiger partial charge in [-0.3, -0.25) is 19.2 Å². The number of halogens is 1. The minimum atomic E-state index is -1.17. The molecule has 0 radical (unpaired) electrons. The predicted molar refractivity (Wildman–Crippen MR) is 121 cm³/mol. The predicted octanol–water partition coefficient (Wildman–Crippen LogP) is 1.29. The number of aryl methyl sites for hydroxylation is 1. The summed E-state index contributed by atoms with van der Waals surface area (Å²) in [5, 5.41) is 22.9. The van der Waals surface area contributed by atoms with Crippen LogP contribution in [0.15, 0.2) is 29.4 Å². The average molecular weight is 477 g/mol. The molecule has 33 heavy (non-hydrogen) atoms. The topological polar surface area (TPSA) is 152 Å². The van der Waals surface area contributed by atoms with Crippen molar-refractivity contribution in [3.05, 3.63) is 35.0 Å². The van der Waals surface area contributed by atoms with Crippen molar-refractivity contribution in [3.63, 3.8) is 0 Å². The highest BCUT2D eigenvalue weighted by atomic mass is 35.5. The first-order valence-corrected chi connectivity index (χ1v) is 10.8. The third kappa shape index (κ3) is 5.96. The van der Waals surface area contributed by atoms with Gasteiger partial charge in [0, 0.05) is 47.9 Å². The number of aliphatic hydroxyl groups is 1. The lowest BCUT2D eigenvalue weighted by Gasteiger charge is -2.25. The van der Waals surface area contributed by atoms with Crippen LogP contribution in [-0.4, -0.2) is 75.2 Å². The summed E-state index contributed by atoms with van der Waals surface area (Å²) in [6.07, 6.45) is 0.926. The van der Waals surface area contributed by atoms with Crippen LogP contribution < -0.4 is 5.32 Å². The van der Waals surface area contributed by atoms with E-state index < -0.39 is 36.0 Å². The Morgan fingerprint density at radius 3 is 2.76 bits per heavy atom. The number of amides is 3. The SMILES string of the molecule is C=NC(=O)[C@H](CCC(=O)O)NC(=O)[C@@H]1C[C@@H](O)CN1C(=O)CCc1c[nH]c2ccc(Cl)cc12. The number of β-amino-alcohol motifs (C(OH)–C–C–N with tert-alkyl or cyclic N) is 1. The van der Waals surface area contributed by atoms with E-state index in [1.807, 2.05) is 12.1 Å². The van der Waals surface area contributed by atoms with Gasteiger partial charge in [0.15, 0.2) is 0 Å². The number of benzene rings is 1. The fraction of sp³-hybridized carbons (Fsp3) is 0.409. The summed E-state index contributed by atoms with van der Waals surface area (Å²) < 4.78 is 0. The number of rotatable bonds is 9. The van der Waals surface area contributed by atoms with E-state index in [9.17, 15) is 24.3 Å². The van der Waals surface area contributed by atoms with Crippen molar-refractivity contribution in [2.75, 3.05) is 6.54 Å². The number of hydrogen-bond acceptors (Lipinski definition) is 5. The molecule has 0 bridgehead atoms. The Morgan fingerprint density at radius 1 is 1.30 bits per heavy atom. The number of aliphatic imine (C=N–C) groups is 1. The van der Waals surface area contributed by atoms with Gasteiger partial charge in [-0.2, -0.15) is 0 Å². The summed E-state index contributed by atoms with van der Waals surface area (Å²) in [5.41, 5.74) is 1.79. The summed E-state index contributed by atoms with van der Waals surface area (Å²) in [6, 6.07) is 3.28.